The first-order valence-corrected chi connectivity index (χ1v) is 6.49. The zero-order valence-corrected chi connectivity index (χ0v) is 11.9. The second-order valence-corrected chi connectivity index (χ2v) is 4.24. The van der Waals surface area contributed by atoms with Crippen molar-refractivity contribution in [2.75, 3.05) is 13.2 Å². The maximum Gasteiger partial charge on any atom is 0.338 e. The highest BCUT2D eigenvalue weighted by atomic mass is 19.1. The predicted octanol–water partition coefficient (Wildman–Crippen LogP) is 2.33. The highest BCUT2D eigenvalue weighted by molar-refractivity contribution is 5.75. The Morgan fingerprint density at radius 1 is 1.35 bits per heavy atom. The Labute approximate surface area is 130 Å². The van der Waals surface area contributed by atoms with Gasteiger partial charge in [0.15, 0.2) is 5.76 Å². The molecule has 0 spiro atoms. The molecule has 2 rings (SSSR count). The van der Waals surface area contributed by atoms with Crippen molar-refractivity contribution in [2.24, 2.45) is 10.9 Å². The fraction of sp³-hybridized carbons (Fsp3) is 0.143. The van der Waals surface area contributed by atoms with Gasteiger partial charge in [0.2, 0.25) is 0 Å². The Balaban J connectivity index is 1.79. The number of hydrogen-bond acceptors (Lipinski definition) is 6. The van der Waals surface area contributed by atoms with Crippen molar-refractivity contribution in [1.29, 1.82) is 0 Å². The fourth-order valence-electron chi connectivity index (χ4n) is 1.46. The smallest absolute Gasteiger partial charge is 0.338 e. The van der Waals surface area contributed by atoms with Gasteiger partial charge in [-0.2, -0.15) is 0 Å². The van der Waals surface area contributed by atoms with Crippen molar-refractivity contribution in [3.63, 3.8) is 0 Å². The van der Waals surface area contributed by atoms with Gasteiger partial charge in [0.1, 0.15) is 24.4 Å². The molecule has 0 aliphatic heterocycles. The van der Waals surface area contributed by atoms with Crippen LogP contribution >= 0.6 is 0 Å². The number of urea groups is 1. The van der Waals surface area contributed by atoms with Crippen LogP contribution in [-0.2, 0) is 4.84 Å². The number of hydrogen-bond donors (Lipinski definition) is 2. The molecule has 8 nitrogen and oxygen atoms in total. The molecule has 0 bridgehead atoms. The van der Waals surface area contributed by atoms with E-state index in [0.717, 1.165) is 0 Å². The summed E-state index contributed by atoms with van der Waals surface area (Å²) >= 11 is 0. The van der Waals surface area contributed by atoms with Crippen molar-refractivity contribution < 1.29 is 28.4 Å². The number of carbonyl (C=O) groups is 1. The van der Waals surface area contributed by atoms with Crippen LogP contribution in [0.4, 0.5) is 9.18 Å². The summed E-state index contributed by atoms with van der Waals surface area (Å²) in [5.74, 6) is 0.626. The average molecular weight is 323 g/mol. The van der Waals surface area contributed by atoms with E-state index < -0.39 is 6.03 Å². The Hall–Kier alpha value is -3.07. The number of furan rings is 1. The molecule has 122 valence electrons. The van der Waals surface area contributed by atoms with E-state index in [-0.39, 0.29) is 24.9 Å². The summed E-state index contributed by atoms with van der Waals surface area (Å²) in [4.78, 5) is 15.3. The molecular formula is C14H14FN3O5. The van der Waals surface area contributed by atoms with Gasteiger partial charge in [0.25, 0.3) is 5.95 Å². The van der Waals surface area contributed by atoms with Crippen LogP contribution in [-0.4, -0.2) is 35.7 Å². The molecule has 0 atom stereocenters. The second kappa shape index (κ2) is 7.80. The van der Waals surface area contributed by atoms with Crippen LogP contribution in [0.1, 0.15) is 5.76 Å². The van der Waals surface area contributed by atoms with Crippen molar-refractivity contribution in [1.82, 2.24) is 5.06 Å². The lowest BCUT2D eigenvalue weighted by Gasteiger charge is -2.09. The molecule has 0 fully saturated rings. The van der Waals surface area contributed by atoms with Crippen LogP contribution in [0.25, 0.3) is 0 Å². The molecule has 1 aromatic carbocycles. The quantitative estimate of drug-likeness (QED) is 0.352. The maximum atomic E-state index is 12.8. The molecule has 23 heavy (non-hydrogen) atoms. The average Bonchev–Trinajstić information content (AvgIpc) is 2.96. The van der Waals surface area contributed by atoms with E-state index in [9.17, 15) is 9.18 Å². The lowest BCUT2D eigenvalue weighted by atomic mass is 10.3. The number of nitrogens with zero attached hydrogens (tertiary/aromatic N) is 2. The minimum Gasteiger partial charge on any atom is -0.426 e. The maximum absolute atomic E-state index is 12.8. The van der Waals surface area contributed by atoms with Crippen LogP contribution in [0.2, 0.25) is 0 Å². The van der Waals surface area contributed by atoms with Crippen molar-refractivity contribution in [2.45, 2.75) is 0 Å². The third-order valence-corrected chi connectivity index (χ3v) is 2.54. The first-order valence-electron chi connectivity index (χ1n) is 6.49. The molecule has 2 amide bonds. The summed E-state index contributed by atoms with van der Waals surface area (Å²) < 4.78 is 23.4. The van der Waals surface area contributed by atoms with Gasteiger partial charge >= 0.3 is 6.03 Å². The van der Waals surface area contributed by atoms with E-state index >= 15 is 0 Å². The third-order valence-electron chi connectivity index (χ3n) is 2.54. The summed E-state index contributed by atoms with van der Waals surface area (Å²) in [6, 6.07) is 7.64. The zero-order valence-electron chi connectivity index (χ0n) is 11.9. The largest absolute Gasteiger partial charge is 0.426 e. The number of rotatable bonds is 7. The van der Waals surface area contributed by atoms with Crippen LogP contribution in [0.5, 0.6) is 11.7 Å². The molecule has 1 aromatic heterocycles. The number of nitrogens with two attached hydrogens (primary N) is 1. The molecular weight excluding hydrogens is 309 g/mol. The first kappa shape index (κ1) is 16.3. The number of oxime groups is 1. The predicted molar refractivity (Wildman–Crippen MR) is 76.8 cm³/mol. The van der Waals surface area contributed by atoms with Gasteiger partial charge in [0, 0.05) is 6.07 Å². The van der Waals surface area contributed by atoms with Crippen molar-refractivity contribution in [3.05, 3.63) is 48.0 Å². The molecule has 0 saturated heterocycles. The molecule has 0 aliphatic carbocycles. The lowest BCUT2D eigenvalue weighted by molar-refractivity contribution is -0.0560. The molecule has 0 radical (unpaired) electrons. The van der Waals surface area contributed by atoms with Crippen LogP contribution < -0.4 is 10.5 Å². The summed E-state index contributed by atoms with van der Waals surface area (Å²) in [6.45, 7) is -0.167. The Morgan fingerprint density at radius 2 is 2.09 bits per heavy atom. The lowest BCUT2D eigenvalue weighted by Crippen LogP contribution is -2.34. The third kappa shape index (κ3) is 5.32. The number of hydroxylamine groups is 2. The molecule has 9 heteroatoms. The second-order valence-electron chi connectivity index (χ2n) is 4.24. The number of benzene rings is 1. The number of halogens is 1. The number of amides is 2. The number of primary amides is 1. The minimum atomic E-state index is -0.980. The van der Waals surface area contributed by atoms with E-state index in [1.165, 1.54) is 30.5 Å². The molecule has 2 aromatic rings. The first-order chi connectivity index (χ1) is 11.0. The number of ether oxygens (including phenoxy) is 1. The van der Waals surface area contributed by atoms with E-state index in [2.05, 4.69) is 5.16 Å². The normalized spacial score (nSPS) is 10.7. The molecule has 0 aliphatic rings. The van der Waals surface area contributed by atoms with Gasteiger partial charge in [-0.15, -0.1) is 0 Å². The molecule has 1 heterocycles. The van der Waals surface area contributed by atoms with Crippen molar-refractivity contribution >= 4 is 12.2 Å². The summed E-state index contributed by atoms with van der Waals surface area (Å²) in [5, 5.41) is 12.9. The van der Waals surface area contributed by atoms with Gasteiger partial charge in [-0.3, -0.25) is 5.21 Å². The summed E-state index contributed by atoms with van der Waals surface area (Å²) in [6.07, 6.45) is 1.28. The zero-order chi connectivity index (χ0) is 16.7. The van der Waals surface area contributed by atoms with E-state index in [0.29, 0.717) is 16.6 Å². The van der Waals surface area contributed by atoms with Gasteiger partial charge in [-0.25, -0.2) is 14.2 Å². The van der Waals surface area contributed by atoms with Gasteiger partial charge in [-0.05, 0) is 30.3 Å². The molecule has 0 unspecified atom stereocenters. The minimum absolute atomic E-state index is 0.0460. The highest BCUT2D eigenvalue weighted by Gasteiger charge is 2.05. The molecule has 3 N–H and O–H groups in total. The van der Waals surface area contributed by atoms with E-state index in [1.54, 1.807) is 12.1 Å². The highest BCUT2D eigenvalue weighted by Crippen LogP contribution is 2.23. The van der Waals surface area contributed by atoms with Gasteiger partial charge in [0.05, 0.1) is 6.54 Å². The monoisotopic (exact) mass is 323 g/mol. The Bertz CT molecular complexity index is 671. The number of carbonyl (C=O) groups excluding carboxylic acids is 1. The van der Waals surface area contributed by atoms with Gasteiger partial charge in [-0.1, -0.05) is 5.16 Å². The van der Waals surface area contributed by atoms with Gasteiger partial charge < -0.3 is 19.7 Å². The summed E-state index contributed by atoms with van der Waals surface area (Å²) in [7, 11) is 0. The molecule has 0 saturated carbocycles. The van der Waals surface area contributed by atoms with E-state index in [1.807, 2.05) is 0 Å². The topological polar surface area (TPSA) is 111 Å². The van der Waals surface area contributed by atoms with Crippen LogP contribution in [0.3, 0.4) is 0 Å². The standard InChI is InChI=1S/C14H14FN3O5/c15-10-1-3-11(4-2-10)22-13-6-5-12(23-13)9-17-21-8-7-18(20)14(16)19/h1-6,9,20H,7-8H2,(H2,16,19)/b17-9+. The van der Waals surface area contributed by atoms with Crippen LogP contribution in [0, 0.1) is 5.82 Å². The van der Waals surface area contributed by atoms with Crippen LogP contribution in [0.15, 0.2) is 46.0 Å². The Kier molecular flexibility index (Phi) is 5.53. The summed E-state index contributed by atoms with van der Waals surface area (Å²) in [5.41, 5.74) is 4.81. The Morgan fingerprint density at radius 3 is 2.78 bits per heavy atom. The fourth-order valence-corrected chi connectivity index (χ4v) is 1.46. The van der Waals surface area contributed by atoms with E-state index in [4.69, 9.17) is 24.9 Å². The SMILES string of the molecule is NC(=O)N(O)CCO/N=C/c1ccc(Oc2ccc(F)cc2)o1. The van der Waals surface area contributed by atoms with Crippen molar-refractivity contribution in [3.8, 4) is 11.7 Å².